The number of non-ortho nitro benzene ring substituents is 1. The molecular formula is C30H33N3O5. The maximum Gasteiger partial charge on any atom is 0.337 e. The van der Waals surface area contributed by atoms with Crippen molar-refractivity contribution in [3.05, 3.63) is 92.5 Å². The van der Waals surface area contributed by atoms with Crippen molar-refractivity contribution in [3.63, 3.8) is 0 Å². The molecule has 0 aromatic heterocycles. The number of nitrogens with zero attached hydrogens (tertiary/aromatic N) is 1. The first-order valence-corrected chi connectivity index (χ1v) is 12.5. The maximum absolute atomic E-state index is 13.1. The Kier molecular flexibility index (Phi) is 7.02. The molecule has 198 valence electrons. The normalized spacial score (nSPS) is 15.2. The lowest BCUT2D eigenvalue weighted by Crippen LogP contribution is -2.34. The van der Waals surface area contributed by atoms with Gasteiger partial charge in [-0.25, -0.2) is 4.79 Å². The minimum Gasteiger partial charge on any atom is -0.465 e. The van der Waals surface area contributed by atoms with Crippen molar-refractivity contribution < 1.29 is 19.2 Å². The number of nitro benzene ring substituents is 1. The van der Waals surface area contributed by atoms with E-state index in [1.165, 1.54) is 48.6 Å². The second-order valence-corrected chi connectivity index (χ2v) is 11.1. The summed E-state index contributed by atoms with van der Waals surface area (Å²) >= 11 is 0. The van der Waals surface area contributed by atoms with E-state index in [9.17, 15) is 19.7 Å². The van der Waals surface area contributed by atoms with Gasteiger partial charge in [-0.2, -0.15) is 0 Å². The highest BCUT2D eigenvalue weighted by Gasteiger charge is 2.37. The van der Waals surface area contributed by atoms with Crippen LogP contribution in [0.3, 0.4) is 0 Å². The van der Waals surface area contributed by atoms with Crippen LogP contribution in [0.5, 0.6) is 0 Å². The summed E-state index contributed by atoms with van der Waals surface area (Å²) in [7, 11) is 1.29. The Morgan fingerprint density at radius 2 is 1.53 bits per heavy atom. The molecule has 0 aliphatic heterocycles. The Bertz CT molecular complexity index is 1440. The molecule has 1 amide bonds. The molecule has 0 fully saturated rings. The average Bonchev–Trinajstić information content (AvgIpc) is 2.88. The van der Waals surface area contributed by atoms with Gasteiger partial charge in [0.25, 0.3) is 11.6 Å². The molecule has 0 saturated heterocycles. The quantitative estimate of drug-likeness (QED) is 0.207. The second-order valence-electron chi connectivity index (χ2n) is 11.1. The molecule has 1 aliphatic rings. The van der Waals surface area contributed by atoms with Gasteiger partial charge in [0, 0.05) is 23.4 Å². The molecule has 8 nitrogen and oxygen atoms in total. The van der Waals surface area contributed by atoms with E-state index in [2.05, 4.69) is 50.5 Å². The van der Waals surface area contributed by atoms with Gasteiger partial charge in [-0.15, -0.1) is 0 Å². The van der Waals surface area contributed by atoms with Crippen molar-refractivity contribution in [1.82, 2.24) is 0 Å². The molecule has 0 unspecified atom stereocenters. The number of ether oxygens (including phenoxy) is 1. The molecule has 0 heterocycles. The van der Waals surface area contributed by atoms with Crippen LogP contribution >= 0.6 is 0 Å². The minimum absolute atomic E-state index is 0.0167. The molecular weight excluding hydrogens is 482 g/mol. The molecule has 2 N–H and O–H groups in total. The lowest BCUT2D eigenvalue weighted by molar-refractivity contribution is -0.384. The first-order chi connectivity index (χ1) is 17.8. The number of methoxy groups -OCH3 is 1. The summed E-state index contributed by atoms with van der Waals surface area (Å²) < 4.78 is 4.86. The second kappa shape index (κ2) is 9.93. The highest BCUT2D eigenvalue weighted by Crippen LogP contribution is 2.47. The molecule has 0 saturated carbocycles. The van der Waals surface area contributed by atoms with E-state index in [4.69, 9.17) is 4.74 Å². The number of anilines is 3. The van der Waals surface area contributed by atoms with Crippen LogP contribution in [0.25, 0.3) is 0 Å². The lowest BCUT2D eigenvalue weighted by Gasteiger charge is -2.42. The molecule has 0 bridgehead atoms. The zero-order valence-corrected chi connectivity index (χ0v) is 22.6. The van der Waals surface area contributed by atoms with Crippen LogP contribution < -0.4 is 10.6 Å². The van der Waals surface area contributed by atoms with Crippen LogP contribution in [0.15, 0.2) is 54.6 Å². The van der Waals surface area contributed by atoms with E-state index in [1.807, 2.05) is 6.92 Å². The summed E-state index contributed by atoms with van der Waals surface area (Å²) in [4.78, 5) is 35.9. The monoisotopic (exact) mass is 515 g/mol. The number of nitrogens with one attached hydrogen (secondary N) is 2. The average molecular weight is 516 g/mol. The van der Waals surface area contributed by atoms with E-state index >= 15 is 0 Å². The van der Waals surface area contributed by atoms with Gasteiger partial charge in [-0.05, 0) is 77.6 Å². The summed E-state index contributed by atoms with van der Waals surface area (Å²) in [5.41, 5.74) is 5.81. The van der Waals surface area contributed by atoms with Crippen LogP contribution in [-0.2, 0) is 15.6 Å². The number of aryl methyl sites for hydroxylation is 1. The lowest BCUT2D eigenvalue weighted by atomic mass is 9.63. The van der Waals surface area contributed by atoms with Crippen LogP contribution in [0.2, 0.25) is 0 Å². The molecule has 3 aromatic carbocycles. The van der Waals surface area contributed by atoms with Gasteiger partial charge in [-0.3, -0.25) is 14.9 Å². The van der Waals surface area contributed by atoms with E-state index in [0.717, 1.165) is 24.1 Å². The topological polar surface area (TPSA) is 111 Å². The number of nitro groups is 1. The van der Waals surface area contributed by atoms with Gasteiger partial charge in [0.2, 0.25) is 0 Å². The molecule has 8 heteroatoms. The van der Waals surface area contributed by atoms with Gasteiger partial charge >= 0.3 is 5.97 Å². The number of carbonyl (C=O) groups is 2. The zero-order valence-electron chi connectivity index (χ0n) is 22.6. The van der Waals surface area contributed by atoms with Crippen molar-refractivity contribution in [2.75, 3.05) is 17.7 Å². The summed E-state index contributed by atoms with van der Waals surface area (Å²) in [5.74, 6) is -1.08. The molecule has 3 aromatic rings. The van der Waals surface area contributed by atoms with Crippen molar-refractivity contribution in [2.45, 2.75) is 58.3 Å². The third-order valence-electron chi connectivity index (χ3n) is 7.48. The van der Waals surface area contributed by atoms with Crippen LogP contribution in [-0.4, -0.2) is 23.9 Å². The van der Waals surface area contributed by atoms with E-state index < -0.39 is 16.8 Å². The Hall–Kier alpha value is -4.20. The fraction of sp³-hybridized carbons (Fsp3) is 0.333. The maximum atomic E-state index is 13.1. The number of rotatable bonds is 6. The minimum atomic E-state index is -0.552. The van der Waals surface area contributed by atoms with E-state index in [-0.39, 0.29) is 27.6 Å². The van der Waals surface area contributed by atoms with Crippen LogP contribution in [0.4, 0.5) is 22.7 Å². The van der Waals surface area contributed by atoms with Crippen molar-refractivity contribution >= 4 is 34.6 Å². The highest BCUT2D eigenvalue weighted by molar-refractivity contribution is 6.07. The third kappa shape index (κ3) is 5.25. The first kappa shape index (κ1) is 26.9. The van der Waals surface area contributed by atoms with Crippen molar-refractivity contribution in [3.8, 4) is 0 Å². The summed E-state index contributed by atoms with van der Waals surface area (Å²) in [6.07, 6.45) is 2.19. The fourth-order valence-corrected chi connectivity index (χ4v) is 4.96. The largest absolute Gasteiger partial charge is 0.465 e. The van der Waals surface area contributed by atoms with Crippen molar-refractivity contribution in [2.24, 2.45) is 0 Å². The highest BCUT2D eigenvalue weighted by atomic mass is 16.6. The number of hydrogen-bond acceptors (Lipinski definition) is 6. The summed E-state index contributed by atoms with van der Waals surface area (Å²) in [6, 6.07) is 14.8. The van der Waals surface area contributed by atoms with Crippen molar-refractivity contribution in [1.29, 1.82) is 0 Å². The zero-order chi connectivity index (χ0) is 27.8. The fourth-order valence-electron chi connectivity index (χ4n) is 4.96. The Balaban J connectivity index is 1.74. The first-order valence-electron chi connectivity index (χ1n) is 12.5. The molecule has 1 aliphatic carbocycles. The molecule has 38 heavy (non-hydrogen) atoms. The Morgan fingerprint density at radius 3 is 2.16 bits per heavy atom. The summed E-state index contributed by atoms with van der Waals surface area (Å²) in [5, 5.41) is 17.4. The number of carbonyl (C=O) groups excluding carboxylic acids is 2. The van der Waals surface area contributed by atoms with E-state index in [1.54, 1.807) is 12.1 Å². The molecule has 0 radical (unpaired) electrons. The predicted molar refractivity (Wildman–Crippen MR) is 149 cm³/mol. The Labute approximate surface area is 222 Å². The van der Waals surface area contributed by atoms with Gasteiger partial charge in [0.15, 0.2) is 0 Å². The molecule has 0 spiro atoms. The number of esters is 1. The van der Waals surface area contributed by atoms with Gasteiger partial charge in [0.1, 0.15) is 0 Å². The SMILES string of the molecule is COC(=O)c1ccc(Nc2cc3c(cc2C)C(C)(C)CCC3(C)C)c(NC(=O)c2cccc([N+](=O)[O-])c2)c1. The van der Waals surface area contributed by atoms with E-state index in [0.29, 0.717) is 11.4 Å². The number of fused-ring (bicyclic) bond motifs is 1. The predicted octanol–water partition coefficient (Wildman–Crippen LogP) is 7.03. The molecule has 4 rings (SSSR count). The van der Waals surface area contributed by atoms with Gasteiger partial charge in [-0.1, -0.05) is 39.8 Å². The van der Waals surface area contributed by atoms with Gasteiger partial charge < -0.3 is 15.4 Å². The Morgan fingerprint density at radius 1 is 0.868 bits per heavy atom. The number of benzene rings is 3. The van der Waals surface area contributed by atoms with Gasteiger partial charge in [0.05, 0.1) is 29.0 Å². The van der Waals surface area contributed by atoms with Crippen LogP contribution in [0, 0.1) is 17.0 Å². The number of amides is 1. The smallest absolute Gasteiger partial charge is 0.337 e. The van der Waals surface area contributed by atoms with Crippen LogP contribution in [0.1, 0.15) is 77.9 Å². The molecule has 0 atom stereocenters. The summed E-state index contributed by atoms with van der Waals surface area (Å²) in [6.45, 7) is 11.1. The standard InChI is InChI=1S/C30H33N3O5/c1-18-14-22-23(30(4,5)13-12-29(22,2)3)17-25(18)31-24-11-10-20(28(35)38-6)16-26(24)32-27(34)19-8-7-9-21(15-19)33(36)37/h7-11,14-17,31H,12-13H2,1-6H3,(H,32,34). The third-order valence-corrected chi connectivity index (χ3v) is 7.48. The number of hydrogen-bond donors (Lipinski definition) is 2.